The molecule has 0 aromatic heterocycles. The monoisotopic (exact) mass is 932 g/mol. The maximum absolute atomic E-state index is 13.2. The van der Waals surface area contributed by atoms with Gasteiger partial charge in [0.15, 0.2) is 17.8 Å². The smallest absolute Gasteiger partial charge is 0.339 e. The molecule has 0 saturated carbocycles. The van der Waals surface area contributed by atoms with Crippen LogP contribution in [0.25, 0.3) is 0 Å². The summed E-state index contributed by atoms with van der Waals surface area (Å²) in [4.78, 5) is 76.4. The lowest BCUT2D eigenvalue weighted by Crippen LogP contribution is -2.53. The second kappa shape index (κ2) is 22.5. The number of carbonyl (C=O) groups excluding carboxylic acids is 6. The van der Waals surface area contributed by atoms with Crippen molar-refractivity contribution in [2.24, 2.45) is 0 Å². The molecule has 0 spiro atoms. The standard InChI is InChI=1S/C30H28O9.C22H24O7/c1-19(35-26(32)21-13-7-4-8-14-21)24-25(38-27(33)22-15-9-5-10-16-22)30(3,29(37-24)36-20(2)31)39-28(34)23-17-11-6-12-18-23;1-14(23)17-18(28-19(24)15-10-6-4-7-11-15)22(2,21(26-3)27-17)29-20(25)16-12-8-5-9-13-16/h4-19,24-25,29H,1-3H3;4-14,17-18,21,23H,1-3H3/t19?,24-,25-,29?,30-;14?,17-,18-,21+,22-/m11/s1. The van der Waals surface area contributed by atoms with Crippen LogP contribution in [0.5, 0.6) is 0 Å². The van der Waals surface area contributed by atoms with Gasteiger partial charge >= 0.3 is 35.8 Å². The summed E-state index contributed by atoms with van der Waals surface area (Å²) in [6.45, 7) is 7.22. The summed E-state index contributed by atoms with van der Waals surface area (Å²) in [5, 5.41) is 10.2. The van der Waals surface area contributed by atoms with Gasteiger partial charge in [0, 0.05) is 14.0 Å². The topological polar surface area (TPSA) is 206 Å². The summed E-state index contributed by atoms with van der Waals surface area (Å²) in [6.07, 6.45) is -9.06. The molecule has 0 radical (unpaired) electrons. The van der Waals surface area contributed by atoms with E-state index in [2.05, 4.69) is 0 Å². The van der Waals surface area contributed by atoms with E-state index in [1.807, 2.05) is 0 Å². The van der Waals surface area contributed by atoms with E-state index < -0.39 is 96.2 Å². The fourth-order valence-corrected chi connectivity index (χ4v) is 7.57. The number of hydrogen-bond donors (Lipinski definition) is 1. The lowest BCUT2D eigenvalue weighted by molar-refractivity contribution is -0.208. The molecule has 5 aromatic rings. The molecule has 356 valence electrons. The Morgan fingerprint density at radius 2 is 0.809 bits per heavy atom. The van der Waals surface area contributed by atoms with E-state index in [0.717, 1.165) is 0 Å². The summed E-state index contributed by atoms with van der Waals surface area (Å²) >= 11 is 0. The van der Waals surface area contributed by atoms with Gasteiger partial charge in [-0.2, -0.15) is 0 Å². The number of aliphatic hydroxyl groups excluding tert-OH is 1. The van der Waals surface area contributed by atoms with Crippen molar-refractivity contribution in [2.45, 2.75) is 95.0 Å². The lowest BCUT2D eigenvalue weighted by Gasteiger charge is -2.34. The molecular weight excluding hydrogens is 881 g/mol. The summed E-state index contributed by atoms with van der Waals surface area (Å²) in [5.41, 5.74) is -1.87. The van der Waals surface area contributed by atoms with E-state index in [4.69, 9.17) is 42.6 Å². The highest BCUT2D eigenvalue weighted by molar-refractivity contribution is 5.92. The largest absolute Gasteiger partial charge is 0.456 e. The Hall–Kier alpha value is -7.24. The summed E-state index contributed by atoms with van der Waals surface area (Å²) in [6, 6.07) is 41.5. The number of ether oxygens (including phenoxy) is 9. The first-order chi connectivity index (χ1) is 32.5. The predicted molar refractivity (Wildman–Crippen MR) is 241 cm³/mol. The van der Waals surface area contributed by atoms with Gasteiger partial charge in [0.2, 0.25) is 18.2 Å². The molecular formula is C52H52O16. The van der Waals surface area contributed by atoms with Crippen LogP contribution in [-0.2, 0) is 47.4 Å². The summed E-state index contributed by atoms with van der Waals surface area (Å²) in [7, 11) is 1.39. The molecule has 10 atom stereocenters. The first-order valence-electron chi connectivity index (χ1n) is 21.6. The van der Waals surface area contributed by atoms with E-state index in [1.54, 1.807) is 166 Å². The average molecular weight is 933 g/mol. The minimum absolute atomic E-state index is 0.223. The van der Waals surface area contributed by atoms with Crippen LogP contribution in [0.4, 0.5) is 0 Å². The summed E-state index contributed by atoms with van der Waals surface area (Å²) in [5.74, 6) is -4.09. The molecule has 2 aliphatic rings. The van der Waals surface area contributed by atoms with Crippen molar-refractivity contribution in [3.05, 3.63) is 179 Å². The number of esters is 6. The Kier molecular flexibility index (Phi) is 16.6. The van der Waals surface area contributed by atoms with E-state index in [1.165, 1.54) is 27.9 Å². The molecule has 2 saturated heterocycles. The van der Waals surface area contributed by atoms with Gasteiger partial charge in [0.1, 0.15) is 18.3 Å². The number of hydrogen-bond acceptors (Lipinski definition) is 16. The molecule has 0 amide bonds. The van der Waals surface area contributed by atoms with Gasteiger partial charge in [-0.05, 0) is 88.4 Å². The van der Waals surface area contributed by atoms with Crippen molar-refractivity contribution in [1.82, 2.24) is 0 Å². The minimum Gasteiger partial charge on any atom is -0.456 e. The molecule has 16 nitrogen and oxygen atoms in total. The Morgan fingerprint density at radius 3 is 1.16 bits per heavy atom. The van der Waals surface area contributed by atoms with E-state index >= 15 is 0 Å². The van der Waals surface area contributed by atoms with Gasteiger partial charge in [-0.15, -0.1) is 0 Å². The predicted octanol–water partition coefficient (Wildman–Crippen LogP) is 6.94. The molecule has 7 rings (SSSR count). The maximum atomic E-state index is 13.2. The third-order valence-electron chi connectivity index (χ3n) is 11.1. The molecule has 16 heteroatoms. The maximum Gasteiger partial charge on any atom is 0.339 e. The van der Waals surface area contributed by atoms with Crippen molar-refractivity contribution in [3.8, 4) is 0 Å². The van der Waals surface area contributed by atoms with Crippen LogP contribution in [0.1, 0.15) is 86.4 Å². The van der Waals surface area contributed by atoms with Gasteiger partial charge in [-0.1, -0.05) is 91.0 Å². The molecule has 1 N–H and O–H groups in total. The Labute approximate surface area is 392 Å². The summed E-state index contributed by atoms with van der Waals surface area (Å²) < 4.78 is 51.3. The minimum atomic E-state index is -1.80. The second-order valence-electron chi connectivity index (χ2n) is 16.2. The second-order valence-corrected chi connectivity index (χ2v) is 16.2. The SMILES string of the molecule is CC(=O)OC1O[C@H](C(C)OC(=O)c2ccccc2)[C@@H](OC(=O)c2ccccc2)[C@@]1(C)OC(=O)c1ccccc1.CO[C@H]1O[C@H](C(C)O)[C@@H](OC(=O)c2ccccc2)[C@@]1(C)OC(=O)c1ccccc1. The van der Waals surface area contributed by atoms with Gasteiger partial charge in [-0.25, -0.2) is 24.0 Å². The van der Waals surface area contributed by atoms with Crippen LogP contribution in [0.3, 0.4) is 0 Å². The van der Waals surface area contributed by atoms with Crippen LogP contribution in [0.2, 0.25) is 0 Å². The van der Waals surface area contributed by atoms with Crippen LogP contribution >= 0.6 is 0 Å². The zero-order chi connectivity index (χ0) is 49.0. The highest BCUT2D eigenvalue weighted by atomic mass is 16.8. The van der Waals surface area contributed by atoms with E-state index in [9.17, 15) is 33.9 Å². The lowest BCUT2D eigenvalue weighted by atomic mass is 9.94. The van der Waals surface area contributed by atoms with Gasteiger partial charge in [0.25, 0.3) is 0 Å². The number of methoxy groups -OCH3 is 1. The van der Waals surface area contributed by atoms with Gasteiger partial charge in [0.05, 0.1) is 33.9 Å². The number of aliphatic hydroxyl groups is 1. The van der Waals surface area contributed by atoms with Gasteiger partial charge in [-0.3, -0.25) is 4.79 Å². The quantitative estimate of drug-likeness (QED) is 0.0884. The normalized spacial score (nSPS) is 24.7. The van der Waals surface area contributed by atoms with Crippen molar-refractivity contribution in [2.75, 3.05) is 7.11 Å². The Morgan fingerprint density at radius 1 is 0.485 bits per heavy atom. The molecule has 2 heterocycles. The first kappa shape index (κ1) is 50.2. The molecule has 0 aliphatic carbocycles. The van der Waals surface area contributed by atoms with Crippen LogP contribution in [0.15, 0.2) is 152 Å². The van der Waals surface area contributed by atoms with Gasteiger partial charge < -0.3 is 47.7 Å². The molecule has 68 heavy (non-hydrogen) atoms. The average Bonchev–Trinajstić information content (AvgIpc) is 3.77. The van der Waals surface area contributed by atoms with Crippen molar-refractivity contribution in [3.63, 3.8) is 0 Å². The van der Waals surface area contributed by atoms with Crippen LogP contribution in [-0.4, -0.2) is 108 Å². The van der Waals surface area contributed by atoms with E-state index in [-0.39, 0.29) is 11.1 Å². The Balaban J connectivity index is 0.000000234. The fourth-order valence-electron chi connectivity index (χ4n) is 7.57. The number of carbonyl (C=O) groups is 6. The zero-order valence-electron chi connectivity index (χ0n) is 38.1. The number of benzene rings is 5. The molecule has 5 aromatic carbocycles. The molecule has 3 unspecified atom stereocenters. The van der Waals surface area contributed by atoms with Crippen molar-refractivity contribution in [1.29, 1.82) is 0 Å². The first-order valence-corrected chi connectivity index (χ1v) is 21.6. The van der Waals surface area contributed by atoms with Crippen LogP contribution in [0, 0.1) is 0 Å². The third-order valence-corrected chi connectivity index (χ3v) is 11.1. The Bertz CT molecular complexity index is 2490. The number of rotatable bonds is 14. The third kappa shape index (κ3) is 11.8. The van der Waals surface area contributed by atoms with Crippen molar-refractivity contribution < 1.29 is 76.5 Å². The highest BCUT2D eigenvalue weighted by Gasteiger charge is 2.63. The van der Waals surface area contributed by atoms with Crippen molar-refractivity contribution >= 4 is 35.8 Å². The molecule has 2 aliphatic heterocycles. The zero-order valence-corrected chi connectivity index (χ0v) is 38.1. The molecule has 2 fully saturated rings. The molecule has 0 bridgehead atoms. The fraction of sp³-hybridized carbons (Fsp3) is 0.308. The van der Waals surface area contributed by atoms with Crippen LogP contribution < -0.4 is 0 Å². The van der Waals surface area contributed by atoms with E-state index in [0.29, 0.717) is 16.7 Å². The highest BCUT2D eigenvalue weighted by Crippen LogP contribution is 2.41.